The normalized spacial score (nSPS) is 12.8. The van der Waals surface area contributed by atoms with Crippen molar-refractivity contribution in [3.05, 3.63) is 51.4 Å². The molecule has 0 fully saturated rings. The molecule has 1 aromatic carbocycles. The van der Waals surface area contributed by atoms with Gasteiger partial charge in [0.05, 0.1) is 5.51 Å². The van der Waals surface area contributed by atoms with Crippen molar-refractivity contribution < 1.29 is 0 Å². The number of aromatic nitrogens is 1. The molecule has 4 heteroatoms. The number of hydrogen-bond acceptors (Lipinski definition) is 3. The van der Waals surface area contributed by atoms with Crippen molar-refractivity contribution in [2.75, 3.05) is 13.1 Å². The molecule has 2 aromatic rings. The van der Waals surface area contributed by atoms with E-state index in [-0.39, 0.29) is 0 Å². The van der Waals surface area contributed by atoms with Gasteiger partial charge in [-0.25, -0.2) is 0 Å². The van der Waals surface area contributed by atoms with Crippen LogP contribution in [0.1, 0.15) is 30.2 Å². The van der Waals surface area contributed by atoms with E-state index in [1.807, 2.05) is 23.8 Å². The minimum atomic E-state index is 0.464. The lowest BCUT2D eigenvalue weighted by Gasteiger charge is -2.18. The molecular formula is C16H21ClN2S. The Kier molecular flexibility index (Phi) is 6.02. The summed E-state index contributed by atoms with van der Waals surface area (Å²) in [7, 11) is 0. The Bertz CT molecular complexity index is 494. The van der Waals surface area contributed by atoms with Gasteiger partial charge in [-0.2, -0.15) is 0 Å². The van der Waals surface area contributed by atoms with Gasteiger partial charge in [-0.15, -0.1) is 11.3 Å². The van der Waals surface area contributed by atoms with Crippen LogP contribution in [-0.2, 0) is 6.42 Å². The Labute approximate surface area is 130 Å². The van der Waals surface area contributed by atoms with Crippen LogP contribution in [0.15, 0.2) is 36.0 Å². The smallest absolute Gasteiger partial charge is 0.0794 e. The highest BCUT2D eigenvalue weighted by atomic mass is 35.5. The molecule has 1 N–H and O–H groups in total. The quantitative estimate of drug-likeness (QED) is 0.821. The molecule has 0 aliphatic rings. The number of benzene rings is 1. The minimum Gasteiger partial charge on any atom is -0.316 e. The highest BCUT2D eigenvalue weighted by Gasteiger charge is 2.13. The molecule has 2 rings (SSSR count). The number of hydrogen-bond donors (Lipinski definition) is 1. The second kappa shape index (κ2) is 7.77. The van der Waals surface area contributed by atoms with Crippen LogP contribution in [0.25, 0.3) is 0 Å². The van der Waals surface area contributed by atoms with E-state index in [1.165, 1.54) is 10.4 Å². The molecule has 1 aromatic heterocycles. The first kappa shape index (κ1) is 15.5. The molecule has 0 aliphatic carbocycles. The van der Waals surface area contributed by atoms with E-state index in [2.05, 4.69) is 36.3 Å². The van der Waals surface area contributed by atoms with Crippen LogP contribution in [0.5, 0.6) is 0 Å². The second-order valence-corrected chi connectivity index (χ2v) is 6.88. The van der Waals surface area contributed by atoms with Crippen LogP contribution >= 0.6 is 22.9 Å². The lowest BCUT2D eigenvalue weighted by atomic mass is 9.95. The number of nitrogens with one attached hydrogen (secondary N) is 1. The molecule has 0 saturated carbocycles. The van der Waals surface area contributed by atoms with E-state index in [1.54, 1.807) is 11.3 Å². The number of thiazole rings is 1. The van der Waals surface area contributed by atoms with Gasteiger partial charge < -0.3 is 5.32 Å². The lowest BCUT2D eigenvalue weighted by molar-refractivity contribution is 0.515. The number of rotatable bonds is 7. The summed E-state index contributed by atoms with van der Waals surface area (Å²) in [6.45, 7) is 6.49. The zero-order valence-electron chi connectivity index (χ0n) is 12.0. The van der Waals surface area contributed by atoms with E-state index in [0.717, 1.165) is 24.5 Å². The molecule has 0 bridgehead atoms. The maximum absolute atomic E-state index is 5.98. The first-order chi connectivity index (χ1) is 9.65. The monoisotopic (exact) mass is 308 g/mol. The number of halogens is 1. The molecule has 0 aliphatic heterocycles. The maximum Gasteiger partial charge on any atom is 0.0794 e. The van der Waals surface area contributed by atoms with Crippen molar-refractivity contribution in [2.24, 2.45) is 5.92 Å². The predicted molar refractivity (Wildman–Crippen MR) is 87.7 cm³/mol. The molecule has 0 saturated heterocycles. The van der Waals surface area contributed by atoms with Crippen LogP contribution in [0, 0.1) is 5.92 Å². The minimum absolute atomic E-state index is 0.464. The van der Waals surface area contributed by atoms with Crippen molar-refractivity contribution >= 4 is 22.9 Å². The van der Waals surface area contributed by atoms with E-state index in [0.29, 0.717) is 11.8 Å². The van der Waals surface area contributed by atoms with E-state index < -0.39 is 0 Å². The Hall–Kier alpha value is -0.900. The summed E-state index contributed by atoms with van der Waals surface area (Å²) in [6.07, 6.45) is 2.99. The third kappa shape index (κ3) is 4.89. The summed E-state index contributed by atoms with van der Waals surface area (Å²) in [5.74, 6) is 1.13. The van der Waals surface area contributed by atoms with Gasteiger partial charge in [0.1, 0.15) is 0 Å². The summed E-state index contributed by atoms with van der Waals surface area (Å²) >= 11 is 7.71. The summed E-state index contributed by atoms with van der Waals surface area (Å²) in [5, 5.41) is 4.35. The molecule has 20 heavy (non-hydrogen) atoms. The van der Waals surface area contributed by atoms with Crippen LogP contribution in [0.2, 0.25) is 5.02 Å². The van der Waals surface area contributed by atoms with Crippen molar-refractivity contribution in [3.63, 3.8) is 0 Å². The van der Waals surface area contributed by atoms with Crippen molar-refractivity contribution in [1.82, 2.24) is 10.3 Å². The molecule has 1 heterocycles. The molecule has 0 radical (unpaired) electrons. The van der Waals surface area contributed by atoms with E-state index in [9.17, 15) is 0 Å². The van der Waals surface area contributed by atoms with Crippen molar-refractivity contribution in [2.45, 2.75) is 26.2 Å². The first-order valence-electron chi connectivity index (χ1n) is 6.98. The Morgan fingerprint density at radius 2 is 1.95 bits per heavy atom. The molecule has 2 nitrogen and oxygen atoms in total. The summed E-state index contributed by atoms with van der Waals surface area (Å²) in [4.78, 5) is 5.50. The fourth-order valence-corrected chi connectivity index (χ4v) is 2.98. The third-order valence-electron chi connectivity index (χ3n) is 3.22. The Balaban J connectivity index is 2.04. The van der Waals surface area contributed by atoms with Gasteiger partial charge in [-0.05, 0) is 36.6 Å². The molecule has 1 unspecified atom stereocenters. The summed E-state index contributed by atoms with van der Waals surface area (Å²) < 4.78 is 0. The van der Waals surface area contributed by atoms with Gasteiger partial charge >= 0.3 is 0 Å². The molecule has 1 atom stereocenters. The van der Waals surface area contributed by atoms with Gasteiger partial charge in [0, 0.05) is 28.6 Å². The molecular weight excluding hydrogens is 288 g/mol. The third-order valence-corrected chi connectivity index (χ3v) is 4.27. The molecule has 108 valence electrons. The van der Waals surface area contributed by atoms with Gasteiger partial charge in [-0.1, -0.05) is 37.6 Å². The lowest BCUT2D eigenvalue weighted by Crippen LogP contribution is -2.26. The standard InChI is InChI=1S/C16H21ClN2S/c1-12(2)8-18-9-14(7-16-10-19-11-20-16)13-3-5-15(17)6-4-13/h3-6,10-12,14,18H,7-9H2,1-2H3. The Morgan fingerprint density at radius 1 is 1.20 bits per heavy atom. The average molecular weight is 309 g/mol. The van der Waals surface area contributed by atoms with Crippen LogP contribution in [0.3, 0.4) is 0 Å². The zero-order chi connectivity index (χ0) is 14.4. The Morgan fingerprint density at radius 3 is 2.55 bits per heavy atom. The number of nitrogens with zero attached hydrogens (tertiary/aromatic N) is 1. The molecule has 0 amide bonds. The molecule has 0 spiro atoms. The van der Waals surface area contributed by atoms with Gasteiger partial charge in [0.15, 0.2) is 0 Å². The fourth-order valence-electron chi connectivity index (χ4n) is 2.17. The largest absolute Gasteiger partial charge is 0.316 e. The average Bonchev–Trinajstić information content (AvgIpc) is 2.91. The van der Waals surface area contributed by atoms with Gasteiger partial charge in [0.2, 0.25) is 0 Å². The predicted octanol–water partition coefficient (Wildman–Crippen LogP) is 4.37. The van der Waals surface area contributed by atoms with E-state index >= 15 is 0 Å². The van der Waals surface area contributed by atoms with Gasteiger partial charge in [0.25, 0.3) is 0 Å². The highest BCUT2D eigenvalue weighted by molar-refractivity contribution is 7.09. The summed E-state index contributed by atoms with van der Waals surface area (Å²) in [6, 6.07) is 8.20. The fraction of sp³-hybridized carbons (Fsp3) is 0.438. The van der Waals surface area contributed by atoms with E-state index in [4.69, 9.17) is 11.6 Å². The van der Waals surface area contributed by atoms with Gasteiger partial charge in [-0.3, -0.25) is 4.98 Å². The topological polar surface area (TPSA) is 24.9 Å². The second-order valence-electron chi connectivity index (χ2n) is 5.47. The SMILES string of the molecule is CC(C)CNCC(Cc1cncs1)c1ccc(Cl)cc1. The van der Waals surface area contributed by atoms with Crippen LogP contribution < -0.4 is 5.32 Å². The first-order valence-corrected chi connectivity index (χ1v) is 8.24. The van der Waals surface area contributed by atoms with Crippen molar-refractivity contribution in [3.8, 4) is 0 Å². The van der Waals surface area contributed by atoms with Crippen LogP contribution in [0.4, 0.5) is 0 Å². The zero-order valence-corrected chi connectivity index (χ0v) is 13.5. The summed E-state index contributed by atoms with van der Waals surface area (Å²) in [5.41, 5.74) is 3.23. The highest BCUT2D eigenvalue weighted by Crippen LogP contribution is 2.23. The van der Waals surface area contributed by atoms with Crippen LogP contribution in [-0.4, -0.2) is 18.1 Å². The van der Waals surface area contributed by atoms with Crippen molar-refractivity contribution in [1.29, 1.82) is 0 Å². The maximum atomic E-state index is 5.98.